The van der Waals surface area contributed by atoms with Crippen molar-refractivity contribution in [2.45, 2.75) is 6.92 Å². The smallest absolute Gasteiger partial charge is 0.325 e. The maximum Gasteiger partial charge on any atom is 0.325 e. The number of benzene rings is 1. The van der Waals surface area contributed by atoms with Gasteiger partial charge in [-0.3, -0.25) is 20.2 Å². The average molecular weight is 263 g/mol. The van der Waals surface area contributed by atoms with Crippen LogP contribution in [0.15, 0.2) is 27.6 Å². The number of nitro benzene ring substituents is 1. The number of carbonyl (C=O) groups is 1. The van der Waals surface area contributed by atoms with Crippen LogP contribution in [0.2, 0.25) is 0 Å². The molecule has 0 spiro atoms. The molecule has 1 amide bonds. The van der Waals surface area contributed by atoms with Gasteiger partial charge in [-0.1, -0.05) is 0 Å². The Morgan fingerprint density at radius 3 is 2.95 bits per heavy atom. The molecule has 98 valence electrons. The second kappa shape index (κ2) is 4.72. The Kier molecular flexibility index (Phi) is 3.10. The molecule has 0 saturated heterocycles. The zero-order chi connectivity index (χ0) is 14.0. The largest absolute Gasteiger partial charge is 0.422 e. The Balaban J connectivity index is 2.36. The summed E-state index contributed by atoms with van der Waals surface area (Å²) < 4.78 is 5.20. The van der Waals surface area contributed by atoms with Crippen LogP contribution < -0.4 is 11.1 Å². The number of nitrogens with two attached hydrogens (primary N) is 1. The highest BCUT2D eigenvalue weighted by Gasteiger charge is 2.11. The molecule has 9 nitrogen and oxygen atoms in total. The summed E-state index contributed by atoms with van der Waals surface area (Å²) in [6.07, 6.45) is 0. The first-order chi connectivity index (χ1) is 8.95. The zero-order valence-corrected chi connectivity index (χ0v) is 9.78. The molecular weight excluding hydrogens is 254 g/mol. The van der Waals surface area contributed by atoms with E-state index in [0.29, 0.717) is 5.58 Å². The summed E-state index contributed by atoms with van der Waals surface area (Å²) in [7, 11) is 0. The summed E-state index contributed by atoms with van der Waals surface area (Å²) in [6.45, 7) is 1.28. The lowest BCUT2D eigenvalue weighted by atomic mass is 10.3. The van der Waals surface area contributed by atoms with Crippen molar-refractivity contribution in [1.82, 2.24) is 10.3 Å². The monoisotopic (exact) mass is 263 g/mol. The van der Waals surface area contributed by atoms with Crippen molar-refractivity contribution in [3.05, 3.63) is 28.3 Å². The molecule has 0 saturated carbocycles. The molecule has 0 atom stereocenters. The van der Waals surface area contributed by atoms with E-state index in [4.69, 9.17) is 10.2 Å². The van der Waals surface area contributed by atoms with Gasteiger partial charge in [-0.2, -0.15) is 9.98 Å². The van der Waals surface area contributed by atoms with Crippen LogP contribution in [0, 0.1) is 10.1 Å². The van der Waals surface area contributed by atoms with Gasteiger partial charge in [-0.15, -0.1) is 0 Å². The normalized spacial score (nSPS) is 11.5. The summed E-state index contributed by atoms with van der Waals surface area (Å²) in [5.41, 5.74) is 5.93. The number of carbonyl (C=O) groups excluding carboxylic acids is 1. The number of fused-ring (bicyclic) bond motifs is 1. The molecule has 9 heteroatoms. The summed E-state index contributed by atoms with van der Waals surface area (Å²) in [5.74, 6) is -0.554. The molecule has 0 aliphatic rings. The number of guanidine groups is 1. The lowest BCUT2D eigenvalue weighted by molar-refractivity contribution is -0.384. The topological polar surface area (TPSA) is 137 Å². The van der Waals surface area contributed by atoms with Gasteiger partial charge >= 0.3 is 6.01 Å². The van der Waals surface area contributed by atoms with Crippen molar-refractivity contribution in [3.63, 3.8) is 0 Å². The van der Waals surface area contributed by atoms with E-state index in [2.05, 4.69) is 15.3 Å². The van der Waals surface area contributed by atoms with Crippen molar-refractivity contribution >= 4 is 34.7 Å². The number of hydrogen-bond acceptors (Lipinski definition) is 6. The summed E-state index contributed by atoms with van der Waals surface area (Å²) in [4.78, 5) is 28.4. The fraction of sp³-hybridized carbons (Fsp3) is 0.100. The highest BCUT2D eigenvalue weighted by Crippen LogP contribution is 2.24. The van der Waals surface area contributed by atoms with Crippen LogP contribution in [0.5, 0.6) is 0 Å². The van der Waals surface area contributed by atoms with E-state index in [-0.39, 0.29) is 29.1 Å². The van der Waals surface area contributed by atoms with Crippen LogP contribution in [0.3, 0.4) is 0 Å². The lowest BCUT2D eigenvalue weighted by Crippen LogP contribution is -2.34. The number of nitro groups is 1. The van der Waals surface area contributed by atoms with E-state index < -0.39 is 4.92 Å². The van der Waals surface area contributed by atoms with Crippen molar-refractivity contribution in [1.29, 1.82) is 0 Å². The van der Waals surface area contributed by atoms with E-state index in [1.807, 2.05) is 0 Å². The van der Waals surface area contributed by atoms with Crippen molar-refractivity contribution in [3.8, 4) is 0 Å². The number of rotatable bonds is 2. The van der Waals surface area contributed by atoms with Gasteiger partial charge in [0.05, 0.1) is 4.92 Å². The Morgan fingerprint density at radius 1 is 1.58 bits per heavy atom. The second-order valence-electron chi connectivity index (χ2n) is 3.58. The number of nitrogens with zero attached hydrogens (tertiary/aromatic N) is 3. The Labute approximate surface area is 106 Å². The van der Waals surface area contributed by atoms with Gasteiger partial charge in [0.15, 0.2) is 5.58 Å². The number of non-ortho nitro benzene ring substituents is 1. The first-order valence-electron chi connectivity index (χ1n) is 5.12. The van der Waals surface area contributed by atoms with Gasteiger partial charge in [-0.05, 0) is 6.07 Å². The van der Waals surface area contributed by atoms with Gasteiger partial charge in [0.1, 0.15) is 5.52 Å². The van der Waals surface area contributed by atoms with E-state index >= 15 is 0 Å². The molecule has 0 bridgehead atoms. The molecule has 1 aromatic heterocycles. The minimum absolute atomic E-state index is 0.0956. The maximum absolute atomic E-state index is 10.7. The number of aromatic nitrogens is 1. The Bertz CT molecular complexity index is 690. The number of amides is 1. The van der Waals surface area contributed by atoms with Gasteiger partial charge < -0.3 is 10.2 Å². The van der Waals surface area contributed by atoms with Gasteiger partial charge in [0.2, 0.25) is 11.9 Å². The second-order valence-corrected chi connectivity index (χ2v) is 3.58. The summed E-state index contributed by atoms with van der Waals surface area (Å²) in [6, 6.07) is 3.86. The Morgan fingerprint density at radius 2 is 2.32 bits per heavy atom. The molecule has 2 aromatic rings. The highest BCUT2D eigenvalue weighted by atomic mass is 16.6. The highest BCUT2D eigenvalue weighted by molar-refractivity contribution is 5.95. The molecule has 19 heavy (non-hydrogen) atoms. The third kappa shape index (κ3) is 2.83. The van der Waals surface area contributed by atoms with Crippen LogP contribution in [0.1, 0.15) is 6.92 Å². The Hall–Kier alpha value is -2.97. The van der Waals surface area contributed by atoms with Crippen molar-refractivity contribution in [2.24, 2.45) is 10.7 Å². The van der Waals surface area contributed by atoms with E-state index in [0.717, 1.165) is 0 Å². The first-order valence-corrected chi connectivity index (χ1v) is 5.12. The van der Waals surface area contributed by atoms with Crippen LogP contribution in [0.25, 0.3) is 11.1 Å². The van der Waals surface area contributed by atoms with Crippen molar-refractivity contribution in [2.75, 3.05) is 0 Å². The molecule has 3 N–H and O–H groups in total. The maximum atomic E-state index is 10.7. The van der Waals surface area contributed by atoms with E-state index in [1.165, 1.54) is 25.1 Å². The number of hydrogen-bond donors (Lipinski definition) is 2. The molecular formula is C10H9N5O4. The summed E-state index contributed by atoms with van der Waals surface area (Å²) in [5, 5.41) is 12.8. The zero-order valence-electron chi connectivity index (χ0n) is 9.78. The molecule has 0 aliphatic carbocycles. The van der Waals surface area contributed by atoms with Crippen LogP contribution in [0.4, 0.5) is 11.7 Å². The lowest BCUT2D eigenvalue weighted by Gasteiger charge is -1.96. The standard InChI is InChI=1S/C10H9N5O4/c1-5(16)12-9(11)14-10-13-7-4-6(15(17)18)2-3-8(7)19-10/h2-4H,1H3,(H3,11,12,13,14,16). The van der Waals surface area contributed by atoms with Crippen molar-refractivity contribution < 1.29 is 14.1 Å². The predicted octanol–water partition coefficient (Wildman–Crippen LogP) is 0.818. The van der Waals surface area contributed by atoms with Crippen LogP contribution >= 0.6 is 0 Å². The fourth-order valence-electron chi connectivity index (χ4n) is 1.38. The molecule has 0 aliphatic heterocycles. The molecule has 0 unspecified atom stereocenters. The van der Waals surface area contributed by atoms with Crippen LogP contribution in [-0.2, 0) is 4.79 Å². The summed E-state index contributed by atoms with van der Waals surface area (Å²) >= 11 is 0. The SMILES string of the molecule is CC(=O)N/C(N)=N\c1nc2cc([N+](=O)[O-])ccc2o1. The fourth-order valence-corrected chi connectivity index (χ4v) is 1.38. The van der Waals surface area contributed by atoms with Gasteiger partial charge in [0, 0.05) is 19.1 Å². The molecule has 1 aromatic carbocycles. The number of aliphatic imine (C=N–C) groups is 1. The third-order valence-electron chi connectivity index (χ3n) is 2.09. The number of nitrogens with one attached hydrogen (secondary N) is 1. The molecule has 2 rings (SSSR count). The molecule has 0 radical (unpaired) electrons. The van der Waals surface area contributed by atoms with Crippen LogP contribution in [-0.4, -0.2) is 21.8 Å². The molecule has 0 fully saturated rings. The quantitative estimate of drug-likeness (QED) is 0.356. The van der Waals surface area contributed by atoms with Gasteiger partial charge in [-0.25, -0.2) is 0 Å². The predicted molar refractivity (Wildman–Crippen MR) is 65.8 cm³/mol. The van der Waals surface area contributed by atoms with E-state index in [1.54, 1.807) is 0 Å². The minimum atomic E-state index is -0.539. The number of oxazole rings is 1. The average Bonchev–Trinajstić information content (AvgIpc) is 2.68. The van der Waals surface area contributed by atoms with Gasteiger partial charge in [0.25, 0.3) is 5.69 Å². The van der Waals surface area contributed by atoms with E-state index in [9.17, 15) is 14.9 Å². The minimum Gasteiger partial charge on any atom is -0.422 e. The molecule has 1 heterocycles. The third-order valence-corrected chi connectivity index (χ3v) is 2.09. The first kappa shape index (κ1) is 12.5.